The van der Waals surface area contributed by atoms with Crippen molar-refractivity contribution in [2.24, 2.45) is 0 Å². The summed E-state index contributed by atoms with van der Waals surface area (Å²) in [5.74, 6) is -3.04. The standard InChI is InChI=1S/C61H39N7O5/c1-67-58(70)39-21-23-41-57-42(24-22-40(56(39)57)59(67)71)61(73)68(60(41)72)33-51(69)62-38-19-17-37(18-20-38)55-49-31-29-47(65-49)53(35-13-7-3-8-14-35)45-27-25-43(63-45)52(34-11-5-2-6-12-34)44-26-28-46(64-44)54(36-15-9-4-10-16-36)48-30-32-50(55)66-48/h2-32,63,66H,33H2,1H3,(H,62,69). The first kappa shape index (κ1) is 43.0. The third-order valence-electron chi connectivity index (χ3n) is 13.9. The van der Waals surface area contributed by atoms with E-state index in [0.717, 1.165) is 93.5 Å². The Hall–Kier alpha value is -10.1. The molecule has 8 bridgehead atoms. The van der Waals surface area contributed by atoms with Gasteiger partial charge in [0.15, 0.2) is 0 Å². The molecule has 0 saturated heterocycles. The summed E-state index contributed by atoms with van der Waals surface area (Å²) >= 11 is 0. The highest BCUT2D eigenvalue weighted by Crippen LogP contribution is 2.40. The zero-order valence-corrected chi connectivity index (χ0v) is 38.9. The number of hydrogen-bond acceptors (Lipinski definition) is 7. The van der Waals surface area contributed by atoms with E-state index in [1.807, 2.05) is 84.9 Å². The van der Waals surface area contributed by atoms with Crippen molar-refractivity contribution in [3.05, 3.63) is 209 Å². The Bertz CT molecular complexity index is 4030. The van der Waals surface area contributed by atoms with Crippen molar-refractivity contribution < 1.29 is 24.0 Å². The predicted octanol–water partition coefficient (Wildman–Crippen LogP) is 11.9. The van der Waals surface area contributed by atoms with Crippen LogP contribution in [0.1, 0.15) is 64.2 Å². The highest BCUT2D eigenvalue weighted by Gasteiger charge is 2.39. The molecule has 12 nitrogen and oxygen atoms in total. The number of rotatable bonds is 7. The molecule has 0 fully saturated rings. The maximum atomic E-state index is 13.9. The Morgan fingerprint density at radius 1 is 0.425 bits per heavy atom. The topological polar surface area (TPSA) is 161 Å². The monoisotopic (exact) mass is 949 g/mol. The summed E-state index contributed by atoms with van der Waals surface area (Å²) in [5, 5.41) is 3.38. The number of benzene rings is 6. The van der Waals surface area contributed by atoms with E-state index in [1.165, 1.54) is 31.3 Å². The van der Waals surface area contributed by atoms with Crippen molar-refractivity contribution >= 4 is 92.4 Å². The Morgan fingerprint density at radius 2 is 0.753 bits per heavy atom. The second-order valence-electron chi connectivity index (χ2n) is 18.2. The van der Waals surface area contributed by atoms with Crippen LogP contribution in [0.25, 0.3) is 102 Å². The lowest BCUT2D eigenvalue weighted by Crippen LogP contribution is -2.45. The molecule has 13 rings (SSSR count). The molecule has 4 aliphatic rings. The van der Waals surface area contributed by atoms with Crippen LogP contribution in [0.3, 0.4) is 0 Å². The highest BCUT2D eigenvalue weighted by atomic mass is 16.2. The number of imide groups is 2. The molecule has 0 spiro atoms. The van der Waals surface area contributed by atoms with Crippen molar-refractivity contribution in [2.45, 2.75) is 0 Å². The molecule has 9 aromatic rings. The summed E-state index contributed by atoms with van der Waals surface area (Å²) in [6, 6.07) is 52.3. The largest absolute Gasteiger partial charge is 0.354 e. The Balaban J connectivity index is 0.917. The summed E-state index contributed by atoms with van der Waals surface area (Å²) in [4.78, 5) is 87.9. The van der Waals surface area contributed by atoms with E-state index in [1.54, 1.807) is 12.1 Å². The molecule has 348 valence electrons. The molecule has 0 aliphatic carbocycles. The van der Waals surface area contributed by atoms with Gasteiger partial charge in [0.1, 0.15) is 6.54 Å². The van der Waals surface area contributed by atoms with Crippen molar-refractivity contribution in [1.82, 2.24) is 29.7 Å². The molecule has 0 saturated carbocycles. The van der Waals surface area contributed by atoms with Crippen molar-refractivity contribution in [1.29, 1.82) is 0 Å². The lowest BCUT2D eigenvalue weighted by molar-refractivity contribution is -0.116. The van der Waals surface area contributed by atoms with Gasteiger partial charge in [-0.05, 0) is 107 Å². The zero-order chi connectivity index (χ0) is 49.5. The van der Waals surface area contributed by atoms with E-state index in [0.29, 0.717) is 11.4 Å². The van der Waals surface area contributed by atoms with E-state index in [9.17, 15) is 24.0 Å². The number of nitrogens with zero attached hydrogens (tertiary/aromatic N) is 4. The molecule has 7 heterocycles. The highest BCUT2D eigenvalue weighted by molar-refractivity contribution is 6.33. The summed E-state index contributed by atoms with van der Waals surface area (Å²) in [6.45, 7) is -0.568. The van der Waals surface area contributed by atoms with E-state index in [2.05, 4.69) is 82.0 Å². The first-order chi connectivity index (χ1) is 35.7. The van der Waals surface area contributed by atoms with E-state index in [4.69, 9.17) is 9.97 Å². The van der Waals surface area contributed by atoms with E-state index < -0.39 is 36.1 Å². The first-order valence-corrected chi connectivity index (χ1v) is 23.7. The normalized spacial score (nSPS) is 13.6. The van der Waals surface area contributed by atoms with Crippen molar-refractivity contribution in [3.8, 4) is 44.5 Å². The quantitative estimate of drug-likeness (QED) is 0.134. The zero-order valence-electron chi connectivity index (χ0n) is 38.9. The molecule has 0 unspecified atom stereocenters. The molecular formula is C61H39N7O5. The van der Waals surface area contributed by atoms with Gasteiger partial charge in [0.05, 0.1) is 22.8 Å². The lowest BCUT2D eigenvalue weighted by Gasteiger charge is -2.30. The SMILES string of the molecule is CN1C(=O)c2ccc3c4c(ccc(c24)C1=O)C(=O)N(CC(=O)Nc1ccc(-c2c4nc(c(-c5ccccc5)c5ccc([nH]5)c(-c5ccccc5)c5nc(c(-c6ccccc6)c6ccc2[nH]6)C=C5)C=C4)cc1)C3=O. The Morgan fingerprint density at radius 3 is 1.11 bits per heavy atom. The van der Waals surface area contributed by atoms with Crippen molar-refractivity contribution in [3.63, 3.8) is 0 Å². The molecule has 3 N–H and O–H groups in total. The van der Waals surface area contributed by atoms with Gasteiger partial charge >= 0.3 is 0 Å². The fourth-order valence-corrected chi connectivity index (χ4v) is 10.5. The van der Waals surface area contributed by atoms with Gasteiger partial charge in [-0.2, -0.15) is 0 Å². The lowest BCUT2D eigenvalue weighted by atomic mass is 9.86. The summed E-state index contributed by atoms with van der Waals surface area (Å²) in [5.41, 5.74) is 15.1. The molecule has 3 aromatic heterocycles. The van der Waals surface area contributed by atoms with Crippen LogP contribution >= 0.6 is 0 Å². The van der Waals surface area contributed by atoms with E-state index in [-0.39, 0.29) is 33.0 Å². The van der Waals surface area contributed by atoms with Gasteiger partial charge in [-0.1, -0.05) is 103 Å². The molecule has 73 heavy (non-hydrogen) atoms. The minimum absolute atomic E-state index is 0.131. The van der Waals surface area contributed by atoms with Crippen molar-refractivity contribution in [2.75, 3.05) is 18.9 Å². The number of H-pyrrole nitrogens is 2. The van der Waals surface area contributed by atoms with Crippen LogP contribution in [0.15, 0.2) is 164 Å². The number of aromatic amines is 2. The van der Waals surface area contributed by atoms with Crippen LogP contribution in [0.5, 0.6) is 0 Å². The molecule has 4 aliphatic heterocycles. The number of aromatic nitrogens is 4. The molecule has 0 atom stereocenters. The number of nitrogens with one attached hydrogen (secondary N) is 3. The van der Waals surface area contributed by atoms with Crippen LogP contribution in [0, 0.1) is 0 Å². The van der Waals surface area contributed by atoms with Gasteiger partial charge in [0.2, 0.25) is 5.91 Å². The van der Waals surface area contributed by atoms with Gasteiger partial charge in [-0.15, -0.1) is 0 Å². The van der Waals surface area contributed by atoms with Crippen LogP contribution in [-0.2, 0) is 4.79 Å². The number of carbonyl (C=O) groups is 5. The van der Waals surface area contributed by atoms with Gasteiger partial charge < -0.3 is 15.3 Å². The Labute approximate surface area is 416 Å². The maximum absolute atomic E-state index is 13.9. The molecule has 6 aromatic carbocycles. The summed E-state index contributed by atoms with van der Waals surface area (Å²) < 4.78 is 0. The number of anilines is 1. The maximum Gasteiger partial charge on any atom is 0.261 e. The van der Waals surface area contributed by atoms with Gasteiger partial charge in [-0.3, -0.25) is 33.8 Å². The van der Waals surface area contributed by atoms with E-state index >= 15 is 0 Å². The number of carbonyl (C=O) groups excluding carboxylic acids is 5. The number of hydrogen-bond donors (Lipinski definition) is 3. The number of amides is 5. The van der Waals surface area contributed by atoms with Gasteiger partial charge in [0.25, 0.3) is 23.6 Å². The molecule has 12 heteroatoms. The minimum Gasteiger partial charge on any atom is -0.354 e. The molecule has 5 amide bonds. The van der Waals surface area contributed by atoms with Gasteiger partial charge in [-0.25, -0.2) is 9.97 Å². The average molecular weight is 950 g/mol. The second kappa shape index (κ2) is 16.8. The smallest absolute Gasteiger partial charge is 0.261 e. The third kappa shape index (κ3) is 7.03. The predicted molar refractivity (Wildman–Crippen MR) is 285 cm³/mol. The Kier molecular flexibility index (Phi) is 9.90. The fraction of sp³-hybridized carbons (Fsp3) is 0.0328. The van der Waals surface area contributed by atoms with Gasteiger partial charge in [0, 0.05) is 90.1 Å². The van der Waals surface area contributed by atoms with Crippen LogP contribution in [-0.4, -0.2) is 72.9 Å². The molecule has 0 radical (unpaired) electrons. The summed E-state index contributed by atoms with van der Waals surface area (Å²) in [6.07, 6.45) is 8.20. The summed E-state index contributed by atoms with van der Waals surface area (Å²) in [7, 11) is 1.39. The molecular weight excluding hydrogens is 911 g/mol. The average Bonchev–Trinajstić information content (AvgIpc) is 4.28. The first-order valence-electron chi connectivity index (χ1n) is 23.7. The fourth-order valence-electron chi connectivity index (χ4n) is 10.5. The minimum atomic E-state index is -0.698. The van der Waals surface area contributed by atoms with Crippen LogP contribution in [0.4, 0.5) is 5.69 Å². The number of fused-ring (bicyclic) bond motifs is 8. The van der Waals surface area contributed by atoms with Crippen LogP contribution < -0.4 is 5.32 Å². The third-order valence-corrected chi connectivity index (χ3v) is 13.9. The second-order valence-corrected chi connectivity index (χ2v) is 18.2. The van der Waals surface area contributed by atoms with Crippen LogP contribution in [0.2, 0.25) is 0 Å².